The molecule has 0 saturated heterocycles. The lowest BCUT2D eigenvalue weighted by atomic mass is 10.2. The Morgan fingerprint density at radius 1 is 0.971 bits per heavy atom. The number of hydrogen-bond acceptors (Lipinski definition) is 5. The van der Waals surface area contributed by atoms with Crippen LogP contribution in [0.5, 0.6) is 0 Å². The molecule has 0 aliphatic carbocycles. The van der Waals surface area contributed by atoms with Crippen molar-refractivity contribution in [1.29, 1.82) is 0 Å². The van der Waals surface area contributed by atoms with Gasteiger partial charge in [-0.1, -0.05) is 55.2 Å². The summed E-state index contributed by atoms with van der Waals surface area (Å²) in [7, 11) is -2.27. The summed E-state index contributed by atoms with van der Waals surface area (Å²) in [5, 5.41) is 9.50. The van der Waals surface area contributed by atoms with Gasteiger partial charge >= 0.3 is 0 Å². The molecule has 186 valence electrons. The van der Waals surface area contributed by atoms with Gasteiger partial charge in [0.2, 0.25) is 0 Å². The third kappa shape index (κ3) is 6.27. The maximum absolute atomic E-state index is 6.16. The van der Waals surface area contributed by atoms with Crippen molar-refractivity contribution in [2.24, 2.45) is 0 Å². The topological polar surface area (TPSA) is 66.1 Å². The molecular weight excluding hydrogens is 526 g/mol. The Morgan fingerprint density at radius 2 is 1.65 bits per heavy atom. The summed E-state index contributed by atoms with van der Waals surface area (Å²) < 4.78 is 17.4. The van der Waals surface area contributed by atoms with E-state index in [1.54, 1.807) is 0 Å². The van der Waals surface area contributed by atoms with Crippen LogP contribution >= 0.6 is 15.9 Å². The fourth-order valence-corrected chi connectivity index (χ4v) is 5.83. The van der Waals surface area contributed by atoms with Gasteiger partial charge in [-0.25, -0.2) is 9.67 Å². The van der Waals surface area contributed by atoms with E-state index in [4.69, 9.17) is 19.6 Å². The van der Waals surface area contributed by atoms with Crippen molar-refractivity contribution in [3.8, 4) is 11.5 Å². The van der Waals surface area contributed by atoms with Crippen LogP contribution in [0.2, 0.25) is 51.4 Å². The number of nitrogens with one attached hydrogen (secondary N) is 1. The molecule has 1 N–H and O–H groups in total. The van der Waals surface area contributed by atoms with Gasteiger partial charge in [0.15, 0.2) is 5.82 Å². The highest BCUT2D eigenvalue weighted by Crippen LogP contribution is 2.32. The van der Waals surface area contributed by atoms with Gasteiger partial charge in [-0.3, -0.25) is 0 Å². The standard InChI is InChI=1S/C24H38BrN5O2Si2/c1-33(2,3)11-9-31-16-29-22-15-26-14-20(22)27-24(29)23-19-8-7-18(25)13-21(19)30(28-23)17-32-10-12-34(4,5)6/h7-8,13,26H,9-12,14-17H2,1-6H3. The van der Waals surface area contributed by atoms with Gasteiger partial charge < -0.3 is 19.4 Å². The molecule has 0 saturated carbocycles. The quantitative estimate of drug-likeness (QED) is 0.232. The predicted molar refractivity (Wildman–Crippen MR) is 147 cm³/mol. The Balaban J connectivity index is 1.63. The number of benzene rings is 1. The van der Waals surface area contributed by atoms with E-state index in [1.807, 2.05) is 4.68 Å². The first kappa shape index (κ1) is 25.8. The average molecular weight is 565 g/mol. The van der Waals surface area contributed by atoms with E-state index in [-0.39, 0.29) is 0 Å². The van der Waals surface area contributed by atoms with Gasteiger partial charge in [0.25, 0.3) is 0 Å². The summed E-state index contributed by atoms with van der Waals surface area (Å²) >= 11 is 3.63. The molecule has 3 heterocycles. The lowest BCUT2D eigenvalue weighted by Crippen LogP contribution is -2.22. The highest BCUT2D eigenvalue weighted by Gasteiger charge is 2.26. The van der Waals surface area contributed by atoms with Gasteiger partial charge in [-0.05, 0) is 30.3 Å². The molecule has 1 aromatic carbocycles. The first-order valence-corrected chi connectivity index (χ1v) is 20.3. The largest absolute Gasteiger partial charge is 0.361 e. The van der Waals surface area contributed by atoms with E-state index in [1.165, 1.54) is 5.69 Å². The minimum Gasteiger partial charge on any atom is -0.361 e. The smallest absolute Gasteiger partial charge is 0.163 e. The van der Waals surface area contributed by atoms with E-state index in [9.17, 15) is 0 Å². The molecule has 1 aliphatic rings. The summed E-state index contributed by atoms with van der Waals surface area (Å²) in [6, 6.07) is 8.59. The molecule has 0 spiro atoms. The third-order valence-corrected chi connectivity index (χ3v) is 9.99. The van der Waals surface area contributed by atoms with Crippen molar-refractivity contribution in [1.82, 2.24) is 24.6 Å². The Bertz CT molecular complexity index is 1150. The Labute approximate surface area is 213 Å². The number of imidazole rings is 1. The number of fused-ring (bicyclic) bond motifs is 2. The molecule has 3 aromatic rings. The maximum atomic E-state index is 6.16. The minimum absolute atomic E-state index is 0.437. The fraction of sp³-hybridized carbons (Fsp3) is 0.583. The predicted octanol–water partition coefficient (Wildman–Crippen LogP) is 5.89. The van der Waals surface area contributed by atoms with Crippen LogP contribution in [0.1, 0.15) is 11.4 Å². The van der Waals surface area contributed by atoms with Crippen molar-refractivity contribution in [3.05, 3.63) is 34.1 Å². The number of ether oxygens (including phenoxy) is 2. The number of hydrogen-bond donors (Lipinski definition) is 1. The van der Waals surface area contributed by atoms with E-state index in [2.05, 4.69) is 83.3 Å². The summed E-state index contributed by atoms with van der Waals surface area (Å²) in [6.45, 7) is 18.3. The van der Waals surface area contributed by atoms with Gasteiger partial charge in [0.05, 0.1) is 16.9 Å². The van der Waals surface area contributed by atoms with Crippen LogP contribution < -0.4 is 5.32 Å². The monoisotopic (exact) mass is 563 g/mol. The molecule has 0 fully saturated rings. The molecule has 1 aliphatic heterocycles. The van der Waals surface area contributed by atoms with Crippen molar-refractivity contribution in [3.63, 3.8) is 0 Å². The zero-order valence-electron chi connectivity index (χ0n) is 21.4. The fourth-order valence-electron chi connectivity index (χ4n) is 3.97. The molecule has 7 nitrogen and oxygen atoms in total. The number of nitrogens with zero attached hydrogens (tertiary/aromatic N) is 4. The zero-order chi connectivity index (χ0) is 24.5. The maximum Gasteiger partial charge on any atom is 0.163 e. The second-order valence-electron chi connectivity index (χ2n) is 11.6. The second kappa shape index (κ2) is 10.4. The van der Waals surface area contributed by atoms with Crippen LogP contribution in [0, 0.1) is 0 Å². The highest BCUT2D eigenvalue weighted by atomic mass is 79.9. The summed E-state index contributed by atoms with van der Waals surface area (Å²) in [6.07, 6.45) is 0. The Kier molecular flexibility index (Phi) is 7.85. The van der Waals surface area contributed by atoms with E-state index in [0.717, 1.165) is 71.0 Å². The lowest BCUT2D eigenvalue weighted by Gasteiger charge is -2.16. The number of rotatable bonds is 11. The summed E-state index contributed by atoms with van der Waals surface area (Å²) in [5.74, 6) is 0.882. The average Bonchev–Trinajstić information content (AvgIpc) is 3.40. The first-order chi connectivity index (χ1) is 16.0. The summed E-state index contributed by atoms with van der Waals surface area (Å²) in [5.41, 5.74) is 4.23. The zero-order valence-corrected chi connectivity index (χ0v) is 25.0. The lowest BCUT2D eigenvalue weighted by molar-refractivity contribution is 0.0815. The molecule has 34 heavy (non-hydrogen) atoms. The minimum atomic E-state index is -1.14. The van der Waals surface area contributed by atoms with Crippen LogP contribution in [-0.4, -0.2) is 48.7 Å². The van der Waals surface area contributed by atoms with E-state index >= 15 is 0 Å². The molecule has 0 unspecified atom stereocenters. The first-order valence-electron chi connectivity index (χ1n) is 12.1. The van der Waals surface area contributed by atoms with Gasteiger partial charge in [-0.15, -0.1) is 0 Å². The molecule has 0 radical (unpaired) electrons. The van der Waals surface area contributed by atoms with Crippen molar-refractivity contribution >= 4 is 43.0 Å². The molecule has 0 bridgehead atoms. The van der Waals surface area contributed by atoms with Crippen LogP contribution in [-0.2, 0) is 36.0 Å². The van der Waals surface area contributed by atoms with Crippen molar-refractivity contribution in [2.75, 3.05) is 13.2 Å². The van der Waals surface area contributed by atoms with Gasteiger partial charge in [0.1, 0.15) is 19.2 Å². The normalized spacial score (nSPS) is 14.3. The van der Waals surface area contributed by atoms with E-state index < -0.39 is 16.1 Å². The van der Waals surface area contributed by atoms with Gasteiger partial charge in [-0.2, -0.15) is 5.10 Å². The third-order valence-electron chi connectivity index (χ3n) is 6.09. The van der Waals surface area contributed by atoms with Crippen LogP contribution in [0.25, 0.3) is 22.4 Å². The number of halogens is 1. The van der Waals surface area contributed by atoms with Crippen LogP contribution in [0.15, 0.2) is 22.7 Å². The Hall–Kier alpha value is -1.31. The van der Waals surface area contributed by atoms with Crippen LogP contribution in [0.4, 0.5) is 0 Å². The number of aromatic nitrogens is 4. The van der Waals surface area contributed by atoms with Crippen molar-refractivity contribution in [2.45, 2.75) is 77.9 Å². The summed E-state index contributed by atoms with van der Waals surface area (Å²) in [4.78, 5) is 5.01. The highest BCUT2D eigenvalue weighted by molar-refractivity contribution is 9.10. The molecule has 4 rings (SSSR count). The molecule has 2 aromatic heterocycles. The molecular formula is C24H38BrN5O2Si2. The van der Waals surface area contributed by atoms with E-state index in [0.29, 0.717) is 13.5 Å². The molecule has 0 atom stereocenters. The van der Waals surface area contributed by atoms with Gasteiger partial charge in [0, 0.05) is 52.3 Å². The molecule has 0 amide bonds. The molecule has 10 heteroatoms. The van der Waals surface area contributed by atoms with Crippen molar-refractivity contribution < 1.29 is 9.47 Å². The second-order valence-corrected chi connectivity index (χ2v) is 23.7. The SMILES string of the molecule is C[Si](C)(C)CCOCn1c(-c2nn(COCC[Si](C)(C)C)c3cc(Br)ccc23)nc2c1CNC2. The Morgan fingerprint density at radius 3 is 2.32 bits per heavy atom. The van der Waals surface area contributed by atoms with Crippen LogP contribution in [0.3, 0.4) is 0 Å².